The molecular formula is C24H30N6O3. The summed E-state index contributed by atoms with van der Waals surface area (Å²) in [6, 6.07) is 4.47. The number of aromatic amines is 1. The Morgan fingerprint density at radius 2 is 2.03 bits per heavy atom. The molecule has 33 heavy (non-hydrogen) atoms. The summed E-state index contributed by atoms with van der Waals surface area (Å²) in [5, 5.41) is 8.37. The summed E-state index contributed by atoms with van der Waals surface area (Å²) in [4.78, 5) is 41.5. The van der Waals surface area contributed by atoms with Crippen LogP contribution >= 0.6 is 0 Å². The number of urea groups is 1. The minimum absolute atomic E-state index is 0.0493. The molecule has 2 aliphatic heterocycles. The maximum atomic E-state index is 12.5. The van der Waals surface area contributed by atoms with Crippen LogP contribution in [-0.2, 0) is 16.0 Å². The second kappa shape index (κ2) is 9.91. The van der Waals surface area contributed by atoms with Crippen molar-refractivity contribution >= 4 is 40.9 Å². The minimum atomic E-state index is -0.664. The second-order valence-electron chi connectivity index (χ2n) is 8.51. The molecule has 0 aliphatic carbocycles. The van der Waals surface area contributed by atoms with Crippen molar-refractivity contribution in [2.24, 2.45) is 5.73 Å². The highest BCUT2D eigenvalue weighted by Crippen LogP contribution is 2.35. The van der Waals surface area contributed by atoms with E-state index in [-0.39, 0.29) is 11.8 Å². The van der Waals surface area contributed by atoms with Gasteiger partial charge in [0.1, 0.15) is 0 Å². The highest BCUT2D eigenvalue weighted by Gasteiger charge is 2.25. The van der Waals surface area contributed by atoms with E-state index < -0.39 is 6.03 Å². The van der Waals surface area contributed by atoms with Crippen molar-refractivity contribution in [2.45, 2.75) is 32.6 Å². The number of aryl methyl sites for hydroxylation is 1. The molecule has 6 N–H and O–H groups in total. The quantitative estimate of drug-likeness (QED) is 0.395. The maximum Gasteiger partial charge on any atom is 0.316 e. The molecule has 9 nitrogen and oxygen atoms in total. The Morgan fingerprint density at radius 3 is 2.79 bits per heavy atom. The van der Waals surface area contributed by atoms with Crippen LogP contribution in [0.4, 0.5) is 16.2 Å². The molecule has 4 rings (SSSR count). The van der Waals surface area contributed by atoms with Crippen molar-refractivity contribution in [2.75, 3.05) is 36.8 Å². The van der Waals surface area contributed by atoms with Gasteiger partial charge in [-0.3, -0.25) is 9.59 Å². The number of carbonyl (C=O) groups excluding carboxylic acids is 3. The molecule has 1 saturated heterocycles. The lowest BCUT2D eigenvalue weighted by atomic mass is 10.0. The van der Waals surface area contributed by atoms with Crippen LogP contribution in [0.5, 0.6) is 0 Å². The number of nitrogens with one attached hydrogen (secondary N) is 4. The third-order valence-electron chi connectivity index (χ3n) is 6.22. The lowest BCUT2D eigenvalue weighted by Crippen LogP contribution is -2.33. The largest absolute Gasteiger partial charge is 0.361 e. The van der Waals surface area contributed by atoms with E-state index in [4.69, 9.17) is 5.73 Å². The number of likely N-dealkylation sites (tertiary alicyclic amines) is 1. The van der Waals surface area contributed by atoms with Gasteiger partial charge in [-0.25, -0.2) is 4.79 Å². The number of hydrogen-bond donors (Lipinski definition) is 5. The molecule has 174 valence electrons. The highest BCUT2D eigenvalue weighted by atomic mass is 16.2. The number of amides is 4. The van der Waals surface area contributed by atoms with Crippen LogP contribution in [0.15, 0.2) is 24.4 Å². The minimum Gasteiger partial charge on any atom is -0.361 e. The van der Waals surface area contributed by atoms with E-state index in [0.717, 1.165) is 36.5 Å². The average Bonchev–Trinajstić information content (AvgIpc) is 3.48. The standard InChI is InChI=1S/C24H30N6O3/c1-15-16(4-7-22(31)26-8-11-30-9-2-3-10-30)14-27-21(15)13-19-18-12-17(28-24(25)33)5-6-20(18)29-23(19)32/h5-6,12-14,27H,2-4,7-11H2,1H3,(H,26,31)(H,29,32)(H3,25,28,33)/b19-13-. The molecule has 1 fully saturated rings. The summed E-state index contributed by atoms with van der Waals surface area (Å²) in [6.07, 6.45) is 7.22. The fourth-order valence-electron chi connectivity index (χ4n) is 4.36. The van der Waals surface area contributed by atoms with Gasteiger partial charge in [0.05, 0.1) is 5.57 Å². The van der Waals surface area contributed by atoms with E-state index in [1.807, 2.05) is 13.1 Å². The van der Waals surface area contributed by atoms with Crippen LogP contribution in [0.2, 0.25) is 0 Å². The van der Waals surface area contributed by atoms with E-state index in [9.17, 15) is 14.4 Å². The highest BCUT2D eigenvalue weighted by molar-refractivity contribution is 6.35. The summed E-state index contributed by atoms with van der Waals surface area (Å²) < 4.78 is 0. The van der Waals surface area contributed by atoms with Crippen LogP contribution in [0, 0.1) is 6.92 Å². The van der Waals surface area contributed by atoms with Gasteiger partial charge in [0.15, 0.2) is 0 Å². The van der Waals surface area contributed by atoms with Crippen LogP contribution < -0.4 is 21.7 Å². The van der Waals surface area contributed by atoms with E-state index in [1.54, 1.807) is 24.3 Å². The molecule has 0 bridgehead atoms. The number of nitrogens with zero attached hydrogens (tertiary/aromatic N) is 1. The van der Waals surface area contributed by atoms with Gasteiger partial charge < -0.3 is 31.6 Å². The number of hydrogen-bond acceptors (Lipinski definition) is 4. The number of anilines is 2. The fraction of sp³-hybridized carbons (Fsp3) is 0.375. The first kappa shape index (κ1) is 22.6. The van der Waals surface area contributed by atoms with Gasteiger partial charge in [-0.15, -0.1) is 0 Å². The third kappa shape index (κ3) is 5.43. The van der Waals surface area contributed by atoms with Gasteiger partial charge in [0.25, 0.3) is 5.91 Å². The third-order valence-corrected chi connectivity index (χ3v) is 6.22. The van der Waals surface area contributed by atoms with Gasteiger partial charge in [-0.1, -0.05) is 0 Å². The number of rotatable bonds is 8. The zero-order chi connectivity index (χ0) is 23.4. The average molecular weight is 451 g/mol. The van der Waals surface area contributed by atoms with Crippen LogP contribution in [0.1, 0.15) is 41.6 Å². The van der Waals surface area contributed by atoms with Gasteiger partial charge >= 0.3 is 6.03 Å². The fourth-order valence-corrected chi connectivity index (χ4v) is 4.36. The Balaban J connectivity index is 1.39. The van der Waals surface area contributed by atoms with Crippen LogP contribution in [-0.4, -0.2) is 53.9 Å². The van der Waals surface area contributed by atoms with E-state index in [1.165, 1.54) is 12.8 Å². The molecule has 0 unspecified atom stereocenters. The summed E-state index contributed by atoms with van der Waals surface area (Å²) in [7, 11) is 0. The molecule has 4 amide bonds. The normalized spacial score (nSPS) is 16.6. The Morgan fingerprint density at radius 1 is 1.24 bits per heavy atom. The Bertz CT molecular complexity index is 1100. The molecule has 1 aromatic carbocycles. The van der Waals surface area contributed by atoms with Crippen molar-refractivity contribution < 1.29 is 14.4 Å². The lowest BCUT2D eigenvalue weighted by molar-refractivity contribution is -0.121. The van der Waals surface area contributed by atoms with E-state index >= 15 is 0 Å². The monoisotopic (exact) mass is 450 g/mol. The summed E-state index contributed by atoms with van der Waals surface area (Å²) in [5.74, 6) is -0.164. The number of carbonyl (C=O) groups is 3. The van der Waals surface area contributed by atoms with Crippen molar-refractivity contribution in [3.8, 4) is 0 Å². The van der Waals surface area contributed by atoms with E-state index in [0.29, 0.717) is 41.9 Å². The Labute approximate surface area is 192 Å². The summed E-state index contributed by atoms with van der Waals surface area (Å²) in [5.41, 5.74) is 10.4. The predicted molar refractivity (Wildman–Crippen MR) is 129 cm³/mol. The topological polar surface area (TPSA) is 132 Å². The molecule has 0 saturated carbocycles. The Kier molecular flexibility index (Phi) is 6.79. The lowest BCUT2D eigenvalue weighted by Gasteiger charge is -2.14. The number of benzene rings is 1. The molecule has 0 radical (unpaired) electrons. The van der Waals surface area contributed by atoms with E-state index in [2.05, 4.69) is 25.8 Å². The maximum absolute atomic E-state index is 12.5. The van der Waals surface area contributed by atoms with Gasteiger partial charge in [-0.2, -0.15) is 0 Å². The molecule has 2 aliphatic rings. The van der Waals surface area contributed by atoms with Gasteiger partial charge in [0.2, 0.25) is 5.91 Å². The first-order chi connectivity index (χ1) is 15.9. The second-order valence-corrected chi connectivity index (χ2v) is 8.51. The first-order valence-corrected chi connectivity index (χ1v) is 11.3. The van der Waals surface area contributed by atoms with Crippen molar-refractivity contribution in [1.29, 1.82) is 0 Å². The molecule has 1 aromatic heterocycles. The number of aromatic nitrogens is 1. The number of nitrogens with two attached hydrogens (primary N) is 1. The first-order valence-electron chi connectivity index (χ1n) is 11.3. The molecular weight excluding hydrogens is 420 g/mol. The predicted octanol–water partition coefficient (Wildman–Crippen LogP) is 2.45. The number of fused-ring (bicyclic) bond motifs is 1. The van der Waals surface area contributed by atoms with Crippen molar-refractivity contribution in [1.82, 2.24) is 15.2 Å². The molecule has 2 aromatic rings. The van der Waals surface area contributed by atoms with Crippen molar-refractivity contribution in [3.63, 3.8) is 0 Å². The molecule has 0 atom stereocenters. The van der Waals surface area contributed by atoms with Crippen molar-refractivity contribution in [3.05, 3.63) is 46.8 Å². The SMILES string of the molecule is Cc1c(CCC(=O)NCCN2CCCC2)c[nH]c1/C=C1\C(=O)Nc2ccc(NC(N)=O)cc21. The number of primary amides is 1. The molecule has 3 heterocycles. The molecule has 0 spiro atoms. The summed E-state index contributed by atoms with van der Waals surface area (Å²) in [6.45, 7) is 5.82. The number of H-pyrrole nitrogens is 1. The zero-order valence-electron chi connectivity index (χ0n) is 18.8. The van der Waals surface area contributed by atoms with Crippen LogP contribution in [0.3, 0.4) is 0 Å². The zero-order valence-corrected chi connectivity index (χ0v) is 18.8. The molecule has 9 heteroatoms. The van der Waals surface area contributed by atoms with Crippen LogP contribution in [0.25, 0.3) is 11.6 Å². The van der Waals surface area contributed by atoms with Gasteiger partial charge in [0, 0.05) is 48.3 Å². The smallest absolute Gasteiger partial charge is 0.316 e. The Hall–Kier alpha value is -3.59. The summed E-state index contributed by atoms with van der Waals surface area (Å²) >= 11 is 0. The van der Waals surface area contributed by atoms with Gasteiger partial charge in [-0.05, 0) is 74.7 Å².